The minimum Gasteiger partial charge on any atom is -0.497 e. The van der Waals surface area contributed by atoms with Gasteiger partial charge in [-0.25, -0.2) is 4.39 Å². The zero-order chi connectivity index (χ0) is 17.1. The second-order valence-corrected chi connectivity index (χ2v) is 5.43. The van der Waals surface area contributed by atoms with Crippen LogP contribution in [0.25, 0.3) is 22.4 Å². The Balaban J connectivity index is 2.22. The fourth-order valence-corrected chi connectivity index (χ4v) is 2.92. The summed E-state index contributed by atoms with van der Waals surface area (Å²) in [5, 5.41) is 0. The molecule has 1 heterocycles. The second kappa shape index (κ2) is 6.71. The van der Waals surface area contributed by atoms with Gasteiger partial charge in [0.2, 0.25) is 0 Å². The van der Waals surface area contributed by atoms with Gasteiger partial charge >= 0.3 is 0 Å². The molecule has 0 aliphatic carbocycles. The first-order valence-corrected chi connectivity index (χ1v) is 7.77. The van der Waals surface area contributed by atoms with E-state index in [-0.39, 0.29) is 5.82 Å². The predicted molar refractivity (Wildman–Crippen MR) is 92.9 cm³/mol. The van der Waals surface area contributed by atoms with Crippen LogP contribution in [-0.2, 0) is 6.54 Å². The van der Waals surface area contributed by atoms with Gasteiger partial charge < -0.3 is 9.30 Å². The standard InChI is InChI=1S/C20H18FNO2/c1-3-22-17(13-23)12-19(14-6-10-18(24-2)11-7-14)20(22)15-4-8-16(21)9-5-15/h4-13H,3H2,1-2H3. The number of hydrogen-bond donors (Lipinski definition) is 0. The number of ether oxygens (including phenoxy) is 1. The number of nitrogens with zero attached hydrogens (tertiary/aromatic N) is 1. The molecule has 1 aromatic heterocycles. The van der Waals surface area contributed by atoms with Crippen molar-refractivity contribution >= 4 is 6.29 Å². The number of aromatic nitrogens is 1. The number of methoxy groups -OCH3 is 1. The van der Waals surface area contributed by atoms with Gasteiger partial charge in [0, 0.05) is 12.1 Å². The lowest BCUT2D eigenvalue weighted by Crippen LogP contribution is -2.01. The van der Waals surface area contributed by atoms with Crippen molar-refractivity contribution in [3.05, 3.63) is 66.1 Å². The molecule has 0 spiro atoms. The SMILES string of the molecule is CCn1c(C=O)cc(-c2ccc(OC)cc2)c1-c1ccc(F)cc1. The van der Waals surface area contributed by atoms with Crippen LogP contribution < -0.4 is 4.74 Å². The number of rotatable bonds is 5. The first-order valence-electron chi connectivity index (χ1n) is 7.77. The van der Waals surface area contributed by atoms with Crippen LogP contribution in [0.5, 0.6) is 5.75 Å². The zero-order valence-corrected chi connectivity index (χ0v) is 13.6. The fourth-order valence-electron chi connectivity index (χ4n) is 2.92. The van der Waals surface area contributed by atoms with E-state index < -0.39 is 0 Å². The maximum absolute atomic E-state index is 13.3. The van der Waals surface area contributed by atoms with Gasteiger partial charge in [-0.05, 0) is 60.5 Å². The molecule has 0 unspecified atom stereocenters. The van der Waals surface area contributed by atoms with E-state index in [9.17, 15) is 9.18 Å². The van der Waals surface area contributed by atoms with Crippen molar-refractivity contribution in [2.75, 3.05) is 7.11 Å². The third-order valence-electron chi connectivity index (χ3n) is 4.08. The molecule has 0 saturated heterocycles. The molecular weight excluding hydrogens is 305 g/mol. The van der Waals surface area contributed by atoms with Crippen molar-refractivity contribution in [1.82, 2.24) is 4.57 Å². The van der Waals surface area contributed by atoms with Crippen LogP contribution in [0.1, 0.15) is 17.4 Å². The van der Waals surface area contributed by atoms with Crippen LogP contribution in [0.2, 0.25) is 0 Å². The van der Waals surface area contributed by atoms with Gasteiger partial charge in [0.25, 0.3) is 0 Å². The highest BCUT2D eigenvalue weighted by atomic mass is 19.1. The highest BCUT2D eigenvalue weighted by Gasteiger charge is 2.17. The summed E-state index contributed by atoms with van der Waals surface area (Å²) in [6.45, 7) is 2.63. The first kappa shape index (κ1) is 16.0. The lowest BCUT2D eigenvalue weighted by Gasteiger charge is -2.12. The van der Waals surface area contributed by atoms with Gasteiger partial charge in [-0.15, -0.1) is 0 Å². The van der Waals surface area contributed by atoms with E-state index in [0.717, 1.165) is 34.4 Å². The van der Waals surface area contributed by atoms with Crippen LogP contribution in [0.15, 0.2) is 54.6 Å². The number of aldehydes is 1. The molecule has 0 aliphatic rings. The van der Waals surface area contributed by atoms with Crippen molar-refractivity contribution in [3.63, 3.8) is 0 Å². The van der Waals surface area contributed by atoms with Crippen molar-refractivity contribution in [2.45, 2.75) is 13.5 Å². The number of carbonyl (C=O) groups excluding carboxylic acids is 1. The molecule has 0 aliphatic heterocycles. The van der Waals surface area contributed by atoms with Crippen molar-refractivity contribution in [3.8, 4) is 28.1 Å². The molecule has 2 aromatic carbocycles. The largest absolute Gasteiger partial charge is 0.497 e. The Morgan fingerprint density at radius 2 is 1.67 bits per heavy atom. The van der Waals surface area contributed by atoms with Gasteiger partial charge in [0.05, 0.1) is 18.5 Å². The molecule has 0 amide bonds. The lowest BCUT2D eigenvalue weighted by atomic mass is 10.0. The molecule has 24 heavy (non-hydrogen) atoms. The molecule has 0 radical (unpaired) electrons. The predicted octanol–water partition coefficient (Wildman–Crippen LogP) is 4.80. The quantitative estimate of drug-likeness (QED) is 0.631. The average molecular weight is 323 g/mol. The lowest BCUT2D eigenvalue weighted by molar-refractivity contribution is 0.111. The number of benzene rings is 2. The maximum atomic E-state index is 13.3. The van der Waals surface area contributed by atoms with Gasteiger partial charge in [0.1, 0.15) is 11.6 Å². The van der Waals surface area contributed by atoms with E-state index >= 15 is 0 Å². The summed E-state index contributed by atoms with van der Waals surface area (Å²) in [4.78, 5) is 11.5. The molecule has 0 N–H and O–H groups in total. The molecule has 0 fully saturated rings. The number of hydrogen-bond acceptors (Lipinski definition) is 2. The van der Waals surface area contributed by atoms with Crippen LogP contribution >= 0.6 is 0 Å². The average Bonchev–Trinajstić information content (AvgIpc) is 3.01. The van der Waals surface area contributed by atoms with E-state index in [1.807, 2.05) is 41.8 Å². The van der Waals surface area contributed by atoms with E-state index in [4.69, 9.17) is 4.74 Å². The number of halogens is 1. The van der Waals surface area contributed by atoms with E-state index in [1.165, 1.54) is 12.1 Å². The highest BCUT2D eigenvalue weighted by Crippen LogP contribution is 2.35. The molecule has 0 atom stereocenters. The molecule has 3 aromatic rings. The molecule has 4 heteroatoms. The van der Waals surface area contributed by atoms with Crippen LogP contribution in [0.4, 0.5) is 4.39 Å². The third kappa shape index (κ3) is 2.83. The van der Waals surface area contributed by atoms with Crippen molar-refractivity contribution in [1.29, 1.82) is 0 Å². The van der Waals surface area contributed by atoms with Crippen molar-refractivity contribution in [2.24, 2.45) is 0 Å². The smallest absolute Gasteiger partial charge is 0.166 e. The Hall–Kier alpha value is -2.88. The van der Waals surface area contributed by atoms with Crippen LogP contribution in [0.3, 0.4) is 0 Å². The van der Waals surface area contributed by atoms with Gasteiger partial charge in [-0.2, -0.15) is 0 Å². The van der Waals surface area contributed by atoms with Gasteiger partial charge in [-0.1, -0.05) is 12.1 Å². The molecule has 0 bridgehead atoms. The molecular formula is C20H18FNO2. The summed E-state index contributed by atoms with van der Waals surface area (Å²) in [6, 6.07) is 15.9. The Labute approximate surface area is 140 Å². The Kier molecular flexibility index (Phi) is 4.47. The van der Waals surface area contributed by atoms with Crippen LogP contribution in [-0.4, -0.2) is 18.0 Å². The Morgan fingerprint density at radius 1 is 1.04 bits per heavy atom. The van der Waals surface area contributed by atoms with E-state index in [2.05, 4.69) is 0 Å². The fraction of sp³-hybridized carbons (Fsp3) is 0.150. The summed E-state index contributed by atoms with van der Waals surface area (Å²) in [6.07, 6.45) is 0.851. The van der Waals surface area contributed by atoms with E-state index in [1.54, 1.807) is 19.2 Å². The summed E-state index contributed by atoms with van der Waals surface area (Å²) in [5.41, 5.74) is 4.29. The summed E-state index contributed by atoms with van der Waals surface area (Å²) in [7, 11) is 1.62. The highest BCUT2D eigenvalue weighted by molar-refractivity contribution is 5.88. The minimum absolute atomic E-state index is 0.282. The van der Waals surface area contributed by atoms with Gasteiger partial charge in [-0.3, -0.25) is 4.79 Å². The summed E-state index contributed by atoms with van der Waals surface area (Å²) < 4.78 is 20.4. The topological polar surface area (TPSA) is 31.2 Å². The Morgan fingerprint density at radius 3 is 2.21 bits per heavy atom. The molecule has 0 saturated carbocycles. The normalized spacial score (nSPS) is 10.6. The van der Waals surface area contributed by atoms with E-state index in [0.29, 0.717) is 12.2 Å². The third-order valence-corrected chi connectivity index (χ3v) is 4.08. The van der Waals surface area contributed by atoms with Gasteiger partial charge in [0.15, 0.2) is 6.29 Å². The Bertz CT molecular complexity index is 849. The molecule has 3 rings (SSSR count). The monoisotopic (exact) mass is 323 g/mol. The zero-order valence-electron chi connectivity index (χ0n) is 13.6. The number of carbonyl (C=O) groups is 1. The molecule has 122 valence electrons. The second-order valence-electron chi connectivity index (χ2n) is 5.43. The first-order chi connectivity index (χ1) is 11.7. The summed E-state index contributed by atoms with van der Waals surface area (Å²) in [5.74, 6) is 0.489. The molecule has 3 nitrogen and oxygen atoms in total. The van der Waals surface area contributed by atoms with Crippen LogP contribution in [0, 0.1) is 5.82 Å². The maximum Gasteiger partial charge on any atom is 0.166 e. The van der Waals surface area contributed by atoms with Crippen molar-refractivity contribution < 1.29 is 13.9 Å². The summed E-state index contributed by atoms with van der Waals surface area (Å²) >= 11 is 0. The minimum atomic E-state index is -0.282.